The van der Waals surface area contributed by atoms with Crippen molar-refractivity contribution in [3.8, 4) is 5.75 Å². The number of ether oxygens (including phenoxy) is 1. The normalized spacial score (nSPS) is 23.1. The summed E-state index contributed by atoms with van der Waals surface area (Å²) in [4.78, 5) is 36.8. The molecule has 2 aliphatic rings. The number of carbonyl (C=O) groups is 3. The third-order valence-corrected chi connectivity index (χ3v) is 3.81. The summed E-state index contributed by atoms with van der Waals surface area (Å²) in [6.45, 7) is -1.27. The number of hydrogen-bond acceptors (Lipinski definition) is 4. The van der Waals surface area contributed by atoms with Crippen LogP contribution in [0.25, 0.3) is 0 Å². The zero-order chi connectivity index (χ0) is 16.8. The van der Waals surface area contributed by atoms with Crippen molar-refractivity contribution in [1.29, 1.82) is 0 Å². The second-order valence-electron chi connectivity index (χ2n) is 5.60. The standard InChI is InChI=1S/C14H13F2N3O4/c1-14(11(21)17-13(22)18-14)6-19-5-7-2-3-8(23-12(15)16)4-9(7)10(19)20/h2-4,12H,5-6H2,1H3,(H2,17,18,21,22)/t14-/m1/s1. The lowest BCUT2D eigenvalue weighted by molar-refractivity contribution is -0.123. The van der Waals surface area contributed by atoms with E-state index in [-0.39, 0.29) is 24.4 Å². The Morgan fingerprint density at radius 2 is 2.09 bits per heavy atom. The van der Waals surface area contributed by atoms with E-state index in [9.17, 15) is 23.2 Å². The number of carbonyl (C=O) groups excluding carboxylic acids is 3. The molecule has 2 aliphatic heterocycles. The van der Waals surface area contributed by atoms with Gasteiger partial charge >= 0.3 is 12.6 Å². The fraction of sp³-hybridized carbons (Fsp3) is 0.357. The Labute approximate surface area is 129 Å². The van der Waals surface area contributed by atoms with E-state index >= 15 is 0 Å². The van der Waals surface area contributed by atoms with Gasteiger partial charge in [-0.1, -0.05) is 6.07 Å². The summed E-state index contributed by atoms with van der Waals surface area (Å²) in [6.07, 6.45) is 0. The molecule has 4 amide bonds. The topological polar surface area (TPSA) is 87.7 Å². The average molecular weight is 325 g/mol. The highest BCUT2D eigenvalue weighted by molar-refractivity contribution is 6.07. The Bertz CT molecular complexity index is 709. The number of rotatable bonds is 4. The predicted molar refractivity (Wildman–Crippen MR) is 72.9 cm³/mol. The molecule has 0 aliphatic carbocycles. The first kappa shape index (κ1) is 15.2. The van der Waals surface area contributed by atoms with Crippen molar-refractivity contribution in [2.24, 2.45) is 0 Å². The molecule has 2 N–H and O–H groups in total. The number of nitrogens with zero attached hydrogens (tertiary/aromatic N) is 1. The predicted octanol–water partition coefficient (Wildman–Crippen LogP) is 0.842. The highest BCUT2D eigenvalue weighted by atomic mass is 19.3. The van der Waals surface area contributed by atoms with E-state index < -0.39 is 30.0 Å². The quantitative estimate of drug-likeness (QED) is 0.803. The number of nitrogens with one attached hydrogen (secondary N) is 2. The molecule has 9 heteroatoms. The minimum Gasteiger partial charge on any atom is -0.435 e. The molecule has 1 aromatic carbocycles. The molecular formula is C14H13F2N3O4. The lowest BCUT2D eigenvalue weighted by Crippen LogP contribution is -2.52. The van der Waals surface area contributed by atoms with E-state index in [0.717, 1.165) is 0 Å². The minimum atomic E-state index is -2.98. The summed E-state index contributed by atoms with van der Waals surface area (Å²) in [5.41, 5.74) is -0.335. The van der Waals surface area contributed by atoms with E-state index in [1.165, 1.54) is 30.0 Å². The summed E-state index contributed by atoms with van der Waals surface area (Å²) in [5.74, 6) is -1.03. The van der Waals surface area contributed by atoms with Crippen LogP contribution in [0.4, 0.5) is 13.6 Å². The van der Waals surface area contributed by atoms with E-state index in [1.54, 1.807) is 0 Å². The summed E-state index contributed by atoms with van der Waals surface area (Å²) < 4.78 is 28.8. The number of benzene rings is 1. The van der Waals surface area contributed by atoms with Crippen molar-refractivity contribution in [3.05, 3.63) is 29.3 Å². The molecular weight excluding hydrogens is 312 g/mol. The van der Waals surface area contributed by atoms with Gasteiger partial charge in [0, 0.05) is 12.1 Å². The van der Waals surface area contributed by atoms with Crippen LogP contribution in [0.5, 0.6) is 5.75 Å². The van der Waals surface area contributed by atoms with Crippen molar-refractivity contribution in [2.75, 3.05) is 6.54 Å². The van der Waals surface area contributed by atoms with E-state index in [2.05, 4.69) is 15.4 Å². The zero-order valence-corrected chi connectivity index (χ0v) is 12.1. The molecule has 1 aromatic rings. The van der Waals surface area contributed by atoms with Crippen molar-refractivity contribution in [2.45, 2.75) is 25.6 Å². The van der Waals surface area contributed by atoms with Gasteiger partial charge in [-0.3, -0.25) is 14.9 Å². The molecule has 1 fully saturated rings. The van der Waals surface area contributed by atoms with Crippen LogP contribution in [0.3, 0.4) is 0 Å². The lowest BCUT2D eigenvalue weighted by Gasteiger charge is -2.26. The maximum absolute atomic E-state index is 12.4. The number of hydrogen-bond donors (Lipinski definition) is 2. The first-order valence-corrected chi connectivity index (χ1v) is 6.79. The van der Waals surface area contributed by atoms with Gasteiger partial charge in [0.2, 0.25) is 0 Å². The van der Waals surface area contributed by atoms with Crippen LogP contribution in [-0.2, 0) is 11.3 Å². The van der Waals surface area contributed by atoms with Crippen LogP contribution in [0.15, 0.2) is 18.2 Å². The van der Waals surface area contributed by atoms with Gasteiger partial charge in [-0.05, 0) is 24.6 Å². The Morgan fingerprint density at radius 1 is 1.35 bits per heavy atom. The van der Waals surface area contributed by atoms with Crippen molar-refractivity contribution in [1.82, 2.24) is 15.5 Å². The fourth-order valence-electron chi connectivity index (χ4n) is 2.72. The molecule has 0 spiro atoms. The molecule has 0 unspecified atom stereocenters. The summed E-state index contributed by atoms with van der Waals surface area (Å²) in [7, 11) is 0. The number of imide groups is 1. The fourth-order valence-corrected chi connectivity index (χ4v) is 2.72. The van der Waals surface area contributed by atoms with Crippen molar-refractivity contribution < 1.29 is 27.9 Å². The summed E-state index contributed by atoms with van der Waals surface area (Å²) in [6, 6.07) is 3.52. The van der Waals surface area contributed by atoms with E-state index in [0.29, 0.717) is 5.56 Å². The Balaban J connectivity index is 1.79. The second kappa shape index (κ2) is 5.18. The second-order valence-corrected chi connectivity index (χ2v) is 5.60. The van der Waals surface area contributed by atoms with Gasteiger partial charge in [0.05, 0.1) is 6.54 Å². The lowest BCUT2D eigenvalue weighted by atomic mass is 10.0. The highest BCUT2D eigenvalue weighted by Gasteiger charge is 2.45. The number of urea groups is 1. The molecule has 1 saturated heterocycles. The Morgan fingerprint density at radius 3 is 2.70 bits per heavy atom. The largest absolute Gasteiger partial charge is 0.435 e. The van der Waals surface area contributed by atoms with Crippen molar-refractivity contribution >= 4 is 17.8 Å². The zero-order valence-electron chi connectivity index (χ0n) is 12.1. The number of amides is 4. The number of alkyl halides is 2. The highest BCUT2D eigenvalue weighted by Crippen LogP contribution is 2.29. The summed E-state index contributed by atoms with van der Waals surface area (Å²) in [5, 5.41) is 4.59. The van der Waals surface area contributed by atoms with Gasteiger partial charge in [-0.25, -0.2) is 4.79 Å². The monoisotopic (exact) mass is 325 g/mol. The first-order chi connectivity index (χ1) is 10.8. The van der Waals surface area contributed by atoms with Gasteiger partial charge in [0.25, 0.3) is 11.8 Å². The van der Waals surface area contributed by atoms with Gasteiger partial charge in [0.1, 0.15) is 11.3 Å². The third kappa shape index (κ3) is 2.69. The average Bonchev–Trinajstić information content (AvgIpc) is 2.87. The minimum absolute atomic E-state index is 0.0247. The van der Waals surface area contributed by atoms with Crippen LogP contribution in [0, 0.1) is 0 Å². The van der Waals surface area contributed by atoms with E-state index in [4.69, 9.17) is 0 Å². The van der Waals surface area contributed by atoms with Crippen molar-refractivity contribution in [3.63, 3.8) is 0 Å². The molecule has 0 saturated carbocycles. The van der Waals surface area contributed by atoms with Gasteiger partial charge in [0.15, 0.2) is 0 Å². The van der Waals surface area contributed by atoms with Crippen LogP contribution in [0.1, 0.15) is 22.8 Å². The third-order valence-electron chi connectivity index (χ3n) is 3.81. The van der Waals surface area contributed by atoms with Crippen LogP contribution >= 0.6 is 0 Å². The number of fused-ring (bicyclic) bond motifs is 1. The van der Waals surface area contributed by atoms with Gasteiger partial charge < -0.3 is 15.0 Å². The number of halogens is 2. The smallest absolute Gasteiger partial charge is 0.387 e. The molecule has 0 bridgehead atoms. The molecule has 122 valence electrons. The molecule has 23 heavy (non-hydrogen) atoms. The Hall–Kier alpha value is -2.71. The van der Waals surface area contributed by atoms with Crippen LogP contribution in [-0.4, -0.2) is 41.4 Å². The SMILES string of the molecule is C[C@]1(CN2Cc3ccc(OC(F)F)cc3C2=O)NC(=O)NC1=O. The molecule has 2 heterocycles. The maximum atomic E-state index is 12.4. The molecule has 0 aromatic heterocycles. The van der Waals surface area contributed by atoms with Gasteiger partial charge in [-0.15, -0.1) is 0 Å². The maximum Gasteiger partial charge on any atom is 0.387 e. The van der Waals surface area contributed by atoms with E-state index in [1.807, 2.05) is 0 Å². The Kier molecular flexibility index (Phi) is 3.42. The van der Waals surface area contributed by atoms with Gasteiger partial charge in [-0.2, -0.15) is 8.78 Å². The molecule has 3 rings (SSSR count). The molecule has 1 atom stereocenters. The molecule has 0 radical (unpaired) electrons. The summed E-state index contributed by atoms with van der Waals surface area (Å²) >= 11 is 0. The van der Waals surface area contributed by atoms with Crippen LogP contribution in [0.2, 0.25) is 0 Å². The first-order valence-electron chi connectivity index (χ1n) is 6.79. The van der Waals surface area contributed by atoms with Crippen LogP contribution < -0.4 is 15.4 Å². The molecule has 7 nitrogen and oxygen atoms in total.